The smallest absolute Gasteiger partial charge is 0.385 e. The van der Waals surface area contributed by atoms with Gasteiger partial charge >= 0.3 is 6.18 Å². The van der Waals surface area contributed by atoms with Gasteiger partial charge in [-0.1, -0.05) is 0 Å². The Bertz CT molecular complexity index is 1320. The number of Topliss-reactive ketones (excluding diaryl/α,β-unsaturated/α-hetero) is 1. The van der Waals surface area contributed by atoms with E-state index in [1.165, 1.54) is 30.3 Å². The third-order valence-corrected chi connectivity index (χ3v) is 8.19. The maximum atomic E-state index is 13.2. The van der Waals surface area contributed by atoms with E-state index in [2.05, 4.69) is 15.4 Å². The third-order valence-electron chi connectivity index (χ3n) is 6.42. The summed E-state index contributed by atoms with van der Waals surface area (Å²) in [7, 11) is -3.52. The molecule has 0 unspecified atom stereocenters. The van der Waals surface area contributed by atoms with Gasteiger partial charge in [0.05, 0.1) is 28.5 Å². The first kappa shape index (κ1) is 29.0. The predicted molar refractivity (Wildman–Crippen MR) is 137 cm³/mol. The second-order valence-corrected chi connectivity index (χ2v) is 11.7. The number of anilines is 2. The number of amides is 1. The Morgan fingerprint density at radius 2 is 1.74 bits per heavy atom. The highest BCUT2D eigenvalue weighted by atomic mass is 32.2. The van der Waals surface area contributed by atoms with Gasteiger partial charge in [-0.25, -0.2) is 8.42 Å². The lowest BCUT2D eigenvalue weighted by atomic mass is 9.99. The fraction of sp³-hybridized carbons (Fsp3) is 0.423. The van der Waals surface area contributed by atoms with E-state index < -0.39 is 44.5 Å². The van der Waals surface area contributed by atoms with E-state index in [4.69, 9.17) is 5.26 Å². The molecule has 1 amide bonds. The van der Waals surface area contributed by atoms with Crippen molar-refractivity contribution in [1.82, 2.24) is 5.32 Å². The van der Waals surface area contributed by atoms with Crippen molar-refractivity contribution in [3.05, 3.63) is 59.2 Å². The van der Waals surface area contributed by atoms with Crippen molar-refractivity contribution < 1.29 is 31.2 Å². The Labute approximate surface area is 219 Å². The second kappa shape index (κ2) is 11.9. The van der Waals surface area contributed by atoms with Crippen LogP contribution in [0, 0.1) is 17.2 Å². The molecule has 12 heteroatoms. The average molecular weight is 551 g/mol. The van der Waals surface area contributed by atoms with Crippen molar-refractivity contribution in [1.29, 1.82) is 5.26 Å². The van der Waals surface area contributed by atoms with Crippen LogP contribution in [0.4, 0.5) is 24.5 Å². The summed E-state index contributed by atoms with van der Waals surface area (Å²) in [4.78, 5) is 25.3. The number of ketones is 1. The van der Waals surface area contributed by atoms with Crippen LogP contribution in [0.25, 0.3) is 0 Å². The predicted octanol–water partition coefficient (Wildman–Crippen LogP) is 4.70. The molecule has 2 atom stereocenters. The van der Waals surface area contributed by atoms with Crippen LogP contribution in [0.15, 0.2) is 42.5 Å². The number of carbonyl (C=O) groups excluding carboxylic acids is 2. The molecule has 2 aromatic carbocycles. The lowest BCUT2D eigenvalue weighted by Crippen LogP contribution is -2.40. The zero-order valence-electron chi connectivity index (χ0n) is 20.9. The summed E-state index contributed by atoms with van der Waals surface area (Å²) < 4.78 is 66.1. The molecule has 2 aromatic rings. The van der Waals surface area contributed by atoms with E-state index in [0.717, 1.165) is 12.1 Å². The largest absolute Gasteiger partial charge is 0.417 e. The minimum absolute atomic E-state index is 0.000837. The molecule has 0 heterocycles. The molecule has 3 N–H and O–H groups in total. The van der Waals surface area contributed by atoms with Crippen LogP contribution in [0.2, 0.25) is 0 Å². The highest BCUT2D eigenvalue weighted by Crippen LogP contribution is 2.34. The van der Waals surface area contributed by atoms with Gasteiger partial charge in [0.25, 0.3) is 5.91 Å². The Morgan fingerprint density at radius 3 is 2.34 bits per heavy atom. The number of sulfonamides is 1. The van der Waals surface area contributed by atoms with E-state index in [0.29, 0.717) is 31.5 Å². The lowest BCUT2D eigenvalue weighted by Gasteiger charge is -2.18. The third kappa shape index (κ3) is 7.47. The molecule has 0 radical (unpaired) electrons. The summed E-state index contributed by atoms with van der Waals surface area (Å²) in [6, 6.07) is 10.2. The maximum absolute atomic E-state index is 13.2. The van der Waals surface area contributed by atoms with Crippen LogP contribution in [0.3, 0.4) is 0 Å². The number of alkyl halides is 3. The molecule has 204 valence electrons. The number of halogens is 3. The Balaban J connectivity index is 1.56. The molecule has 1 aliphatic rings. The zero-order valence-corrected chi connectivity index (χ0v) is 21.7. The van der Waals surface area contributed by atoms with Crippen molar-refractivity contribution in [2.45, 2.75) is 57.0 Å². The maximum Gasteiger partial charge on any atom is 0.417 e. The number of nitrogens with zero attached hydrogens (tertiary/aromatic N) is 1. The summed E-state index contributed by atoms with van der Waals surface area (Å²) in [5.41, 5.74) is -0.631. The van der Waals surface area contributed by atoms with Crippen molar-refractivity contribution in [3.8, 4) is 6.07 Å². The van der Waals surface area contributed by atoms with Gasteiger partial charge in [-0.05, 0) is 81.5 Å². The average Bonchev–Trinajstić information content (AvgIpc) is 3.03. The fourth-order valence-electron chi connectivity index (χ4n) is 4.05. The van der Waals surface area contributed by atoms with E-state index in [1.54, 1.807) is 19.9 Å². The molecule has 0 aliphatic heterocycles. The van der Waals surface area contributed by atoms with Crippen molar-refractivity contribution in [3.63, 3.8) is 0 Å². The summed E-state index contributed by atoms with van der Waals surface area (Å²) in [6.45, 7) is 3.43. The zero-order chi connectivity index (χ0) is 28.1. The second-order valence-electron chi connectivity index (χ2n) is 9.50. The highest BCUT2D eigenvalue weighted by molar-refractivity contribution is 7.93. The lowest BCUT2D eigenvalue weighted by molar-refractivity contribution is -0.137. The first-order valence-corrected chi connectivity index (χ1v) is 13.6. The number of nitriles is 1. The van der Waals surface area contributed by atoms with Crippen molar-refractivity contribution in [2.75, 3.05) is 16.6 Å². The van der Waals surface area contributed by atoms with Gasteiger partial charge < -0.3 is 10.6 Å². The molecule has 0 bridgehead atoms. The topological polar surface area (TPSA) is 128 Å². The molecule has 1 fully saturated rings. The molecule has 1 saturated carbocycles. The molecule has 0 aromatic heterocycles. The minimum Gasteiger partial charge on any atom is -0.385 e. The molecular formula is C26H29F3N4O4S. The summed E-state index contributed by atoms with van der Waals surface area (Å²) in [5, 5.41) is 14.0. The van der Waals surface area contributed by atoms with Crippen molar-refractivity contribution in [2.24, 2.45) is 5.92 Å². The van der Waals surface area contributed by atoms with E-state index in [9.17, 15) is 31.2 Å². The van der Waals surface area contributed by atoms with Crippen LogP contribution in [-0.2, 0) is 21.0 Å². The molecule has 0 spiro atoms. The highest BCUT2D eigenvalue weighted by Gasteiger charge is 2.34. The molecule has 0 saturated heterocycles. The van der Waals surface area contributed by atoms with Crippen LogP contribution in [0.5, 0.6) is 0 Å². The monoisotopic (exact) mass is 550 g/mol. The normalized spacial score (nSPS) is 18.4. The summed E-state index contributed by atoms with van der Waals surface area (Å²) in [5.74, 6) is -0.588. The fourth-order valence-corrected chi connectivity index (χ4v) is 4.75. The Kier molecular flexibility index (Phi) is 9.04. The van der Waals surface area contributed by atoms with E-state index >= 15 is 0 Å². The standard InChI is InChI=1S/C26H29F3N4O4S/c1-16(2)38(36,37)33-20-8-5-18(6-9-20)25(35)32-23-11-3-17(4-12-24(23)34)15-31-21-10-7-19(14-30)22(13-21)26(27,28)29/h5-10,13,16-17,23,31,33H,3-4,11-12,15H2,1-2H3,(H,32,35)/t17-,23+/m1/s1. The van der Waals surface area contributed by atoms with Gasteiger partial charge in [-0.15, -0.1) is 0 Å². The van der Waals surface area contributed by atoms with Gasteiger partial charge in [0.2, 0.25) is 10.0 Å². The number of carbonyl (C=O) groups is 2. The van der Waals surface area contributed by atoms with Gasteiger partial charge in [-0.3, -0.25) is 14.3 Å². The number of nitrogens with one attached hydrogen (secondary N) is 3. The molecule has 38 heavy (non-hydrogen) atoms. The van der Waals surface area contributed by atoms with Crippen LogP contribution >= 0.6 is 0 Å². The van der Waals surface area contributed by atoms with Gasteiger partial charge in [0, 0.05) is 29.9 Å². The van der Waals surface area contributed by atoms with Gasteiger partial charge in [0.15, 0.2) is 5.78 Å². The molecular weight excluding hydrogens is 521 g/mol. The molecule has 3 rings (SSSR count). The summed E-state index contributed by atoms with van der Waals surface area (Å²) in [6.07, 6.45) is -2.96. The van der Waals surface area contributed by atoms with Crippen LogP contribution in [0.1, 0.15) is 61.0 Å². The number of benzene rings is 2. The SMILES string of the molecule is CC(C)S(=O)(=O)Nc1ccc(C(=O)N[C@H]2CC[C@@H](CNc3ccc(C#N)c(C(F)(F)F)c3)CCC2=O)cc1. The van der Waals surface area contributed by atoms with E-state index in [1.807, 2.05) is 0 Å². The quantitative estimate of drug-likeness (QED) is 0.409. The Hall–Kier alpha value is -3.59. The van der Waals surface area contributed by atoms with Gasteiger partial charge in [-0.2, -0.15) is 18.4 Å². The first-order valence-electron chi connectivity index (χ1n) is 12.1. The summed E-state index contributed by atoms with van der Waals surface area (Å²) >= 11 is 0. The van der Waals surface area contributed by atoms with Gasteiger partial charge in [0.1, 0.15) is 0 Å². The van der Waals surface area contributed by atoms with E-state index in [-0.39, 0.29) is 29.4 Å². The molecule has 8 nitrogen and oxygen atoms in total. The van der Waals surface area contributed by atoms with Crippen LogP contribution in [-0.4, -0.2) is 37.9 Å². The minimum atomic E-state index is -4.65. The number of hydrogen-bond donors (Lipinski definition) is 3. The molecule has 1 aliphatic carbocycles. The number of hydrogen-bond acceptors (Lipinski definition) is 6. The number of rotatable bonds is 8. The first-order chi connectivity index (χ1) is 17.8. The van der Waals surface area contributed by atoms with Crippen LogP contribution < -0.4 is 15.4 Å². The Morgan fingerprint density at radius 1 is 1.08 bits per heavy atom. The van der Waals surface area contributed by atoms with Crippen molar-refractivity contribution >= 4 is 33.1 Å².